The molecule has 0 saturated heterocycles. The van der Waals surface area contributed by atoms with Crippen molar-refractivity contribution < 1.29 is 9.53 Å². The molecule has 0 aliphatic rings. The molecule has 4 aromatic rings. The average Bonchev–Trinajstić information content (AvgIpc) is 3.32. The molecule has 0 saturated carbocycles. The molecule has 0 spiro atoms. The summed E-state index contributed by atoms with van der Waals surface area (Å²) in [6.07, 6.45) is 0. The van der Waals surface area contributed by atoms with Crippen LogP contribution in [-0.2, 0) is 0 Å². The molecule has 30 heavy (non-hydrogen) atoms. The first-order chi connectivity index (χ1) is 14.5. The molecule has 0 aliphatic carbocycles. The Balaban J connectivity index is 1.65. The van der Waals surface area contributed by atoms with E-state index in [-0.39, 0.29) is 11.9 Å². The summed E-state index contributed by atoms with van der Waals surface area (Å²) >= 11 is 1.45. The number of ether oxygens (including phenoxy) is 1. The number of carbonyl (C=O) groups excluding carboxylic acids is 1. The Morgan fingerprint density at radius 1 is 1.13 bits per heavy atom. The van der Waals surface area contributed by atoms with Crippen molar-refractivity contribution in [2.75, 3.05) is 26.1 Å². The number of thiophene rings is 1. The molecular weight excluding hydrogens is 396 g/mol. The Morgan fingerprint density at radius 3 is 2.60 bits per heavy atom. The number of imidazole rings is 1. The summed E-state index contributed by atoms with van der Waals surface area (Å²) in [5.74, 6) is 1.49. The summed E-state index contributed by atoms with van der Waals surface area (Å²) in [4.78, 5) is 21.3. The van der Waals surface area contributed by atoms with Crippen LogP contribution in [0, 0.1) is 0 Å². The van der Waals surface area contributed by atoms with E-state index in [1.54, 1.807) is 7.11 Å². The third-order valence-electron chi connectivity index (χ3n) is 4.90. The van der Waals surface area contributed by atoms with Crippen LogP contribution in [-0.4, -0.2) is 36.7 Å². The van der Waals surface area contributed by atoms with Gasteiger partial charge in [0.15, 0.2) is 0 Å². The molecule has 0 unspecified atom stereocenters. The highest BCUT2D eigenvalue weighted by atomic mass is 32.1. The number of nitrogens with zero attached hydrogens (tertiary/aromatic N) is 3. The third-order valence-corrected chi connectivity index (χ3v) is 6.00. The van der Waals surface area contributed by atoms with Gasteiger partial charge < -0.3 is 15.0 Å². The third kappa shape index (κ3) is 3.76. The molecule has 1 atom stereocenters. The standard InChI is InChI=1S/C23H24N4O2S/c1-15(16-9-8-12-18(13-16)29-4)24-21(28)20-14-19-22(30-20)27(23(25-19)26(2)3)17-10-6-5-7-11-17/h5-15H,1-4H3,(H,24,28)/t15-/m0/s1. The number of nitrogens with one attached hydrogen (secondary N) is 1. The van der Waals surface area contributed by atoms with Crippen LogP contribution in [0.2, 0.25) is 0 Å². The monoisotopic (exact) mass is 420 g/mol. The predicted molar refractivity (Wildman–Crippen MR) is 122 cm³/mol. The Morgan fingerprint density at radius 2 is 1.90 bits per heavy atom. The van der Waals surface area contributed by atoms with Gasteiger partial charge in [-0.2, -0.15) is 0 Å². The zero-order chi connectivity index (χ0) is 21.3. The van der Waals surface area contributed by atoms with Crippen molar-refractivity contribution in [3.63, 3.8) is 0 Å². The zero-order valence-corrected chi connectivity index (χ0v) is 18.2. The Kier molecular flexibility index (Phi) is 5.46. The molecule has 2 heterocycles. The molecule has 0 bridgehead atoms. The van der Waals surface area contributed by atoms with Crippen LogP contribution in [0.3, 0.4) is 0 Å². The van der Waals surface area contributed by atoms with Gasteiger partial charge in [-0.3, -0.25) is 9.36 Å². The maximum atomic E-state index is 12.9. The van der Waals surface area contributed by atoms with Gasteiger partial charge in [-0.25, -0.2) is 4.98 Å². The van der Waals surface area contributed by atoms with Crippen molar-refractivity contribution in [1.29, 1.82) is 0 Å². The molecule has 0 fully saturated rings. The number of benzene rings is 2. The number of fused-ring (bicyclic) bond motifs is 1. The Hall–Kier alpha value is -3.32. The summed E-state index contributed by atoms with van der Waals surface area (Å²) in [6.45, 7) is 1.96. The SMILES string of the molecule is COc1cccc([C@H](C)NC(=O)c2cc3nc(N(C)C)n(-c4ccccc4)c3s2)c1. The summed E-state index contributed by atoms with van der Waals surface area (Å²) < 4.78 is 7.37. The number of hydrogen-bond acceptors (Lipinski definition) is 5. The molecule has 0 radical (unpaired) electrons. The molecule has 4 rings (SSSR count). The van der Waals surface area contributed by atoms with E-state index in [2.05, 4.69) is 9.88 Å². The lowest BCUT2D eigenvalue weighted by Crippen LogP contribution is -2.25. The van der Waals surface area contributed by atoms with E-state index < -0.39 is 0 Å². The number of hydrogen-bond donors (Lipinski definition) is 1. The fourth-order valence-corrected chi connectivity index (χ4v) is 4.36. The van der Waals surface area contributed by atoms with Crippen molar-refractivity contribution in [3.05, 3.63) is 71.1 Å². The Labute approximate surface area is 179 Å². The van der Waals surface area contributed by atoms with Gasteiger partial charge in [0, 0.05) is 19.8 Å². The fourth-order valence-electron chi connectivity index (χ4n) is 3.34. The number of rotatable bonds is 6. The quantitative estimate of drug-likeness (QED) is 0.493. The van der Waals surface area contributed by atoms with Crippen LogP contribution in [0.5, 0.6) is 5.75 Å². The van der Waals surface area contributed by atoms with Crippen molar-refractivity contribution in [2.45, 2.75) is 13.0 Å². The predicted octanol–water partition coefficient (Wildman–Crippen LogP) is 4.65. The second-order valence-corrected chi connectivity index (χ2v) is 8.28. The molecule has 1 N–H and O–H groups in total. The lowest BCUT2D eigenvalue weighted by Gasteiger charge is -2.15. The lowest BCUT2D eigenvalue weighted by molar-refractivity contribution is 0.0944. The summed E-state index contributed by atoms with van der Waals surface area (Å²) in [5, 5.41) is 3.08. The highest BCUT2D eigenvalue weighted by molar-refractivity contribution is 7.20. The highest BCUT2D eigenvalue weighted by Crippen LogP contribution is 2.33. The second-order valence-electron chi connectivity index (χ2n) is 7.25. The lowest BCUT2D eigenvalue weighted by atomic mass is 10.1. The largest absolute Gasteiger partial charge is 0.497 e. The fraction of sp³-hybridized carbons (Fsp3) is 0.217. The van der Waals surface area contributed by atoms with Crippen LogP contribution in [0.1, 0.15) is 28.2 Å². The molecule has 2 aromatic carbocycles. The molecule has 6 nitrogen and oxygen atoms in total. The van der Waals surface area contributed by atoms with Gasteiger partial charge in [0.25, 0.3) is 5.91 Å². The number of methoxy groups -OCH3 is 1. The smallest absolute Gasteiger partial charge is 0.261 e. The van der Waals surface area contributed by atoms with Crippen molar-refractivity contribution in [1.82, 2.24) is 14.9 Å². The van der Waals surface area contributed by atoms with Crippen LogP contribution in [0.15, 0.2) is 60.7 Å². The van der Waals surface area contributed by atoms with Crippen LogP contribution < -0.4 is 15.0 Å². The van der Waals surface area contributed by atoms with Gasteiger partial charge in [0.1, 0.15) is 16.1 Å². The Bertz CT molecular complexity index is 1180. The maximum absolute atomic E-state index is 12.9. The second kappa shape index (κ2) is 8.20. The van der Waals surface area contributed by atoms with E-state index in [9.17, 15) is 4.79 Å². The zero-order valence-electron chi connectivity index (χ0n) is 17.4. The normalized spacial score (nSPS) is 12.0. The van der Waals surface area contributed by atoms with Crippen molar-refractivity contribution >= 4 is 33.5 Å². The molecule has 7 heteroatoms. The molecular formula is C23H24N4O2S. The summed E-state index contributed by atoms with van der Waals surface area (Å²) in [5.41, 5.74) is 2.82. The van der Waals surface area contributed by atoms with Crippen LogP contribution in [0.25, 0.3) is 16.0 Å². The van der Waals surface area contributed by atoms with Gasteiger partial charge >= 0.3 is 0 Å². The minimum atomic E-state index is -0.143. The van der Waals surface area contributed by atoms with Crippen LogP contribution in [0.4, 0.5) is 5.95 Å². The number of aromatic nitrogens is 2. The van der Waals surface area contributed by atoms with Crippen molar-refractivity contribution in [3.8, 4) is 11.4 Å². The van der Waals surface area contributed by atoms with E-state index in [1.807, 2.05) is 86.6 Å². The van der Waals surface area contributed by atoms with Gasteiger partial charge in [-0.15, -0.1) is 11.3 Å². The maximum Gasteiger partial charge on any atom is 0.261 e. The van der Waals surface area contributed by atoms with E-state index >= 15 is 0 Å². The van der Waals surface area contributed by atoms with Gasteiger partial charge in [0.2, 0.25) is 5.95 Å². The highest BCUT2D eigenvalue weighted by Gasteiger charge is 2.21. The molecule has 2 aromatic heterocycles. The first-order valence-electron chi connectivity index (χ1n) is 9.67. The number of para-hydroxylation sites is 1. The van der Waals surface area contributed by atoms with E-state index in [0.717, 1.165) is 33.3 Å². The van der Waals surface area contributed by atoms with E-state index in [0.29, 0.717) is 4.88 Å². The molecule has 154 valence electrons. The van der Waals surface area contributed by atoms with Crippen LogP contribution >= 0.6 is 11.3 Å². The molecule has 0 aliphatic heterocycles. The van der Waals surface area contributed by atoms with Crippen molar-refractivity contribution in [2.24, 2.45) is 0 Å². The summed E-state index contributed by atoms with van der Waals surface area (Å²) in [7, 11) is 5.57. The topological polar surface area (TPSA) is 59.4 Å². The van der Waals surface area contributed by atoms with Gasteiger partial charge in [-0.05, 0) is 42.8 Å². The van der Waals surface area contributed by atoms with E-state index in [1.165, 1.54) is 11.3 Å². The minimum Gasteiger partial charge on any atom is -0.497 e. The first kappa shape index (κ1) is 20.0. The average molecular weight is 421 g/mol. The van der Waals surface area contributed by atoms with E-state index in [4.69, 9.17) is 9.72 Å². The minimum absolute atomic E-state index is 0.112. The van der Waals surface area contributed by atoms with Gasteiger partial charge in [-0.1, -0.05) is 30.3 Å². The number of anilines is 1. The molecule has 1 amide bonds. The number of amides is 1. The summed E-state index contributed by atoms with van der Waals surface area (Å²) in [6, 6.07) is 19.5. The van der Waals surface area contributed by atoms with Gasteiger partial charge in [0.05, 0.1) is 18.0 Å². The first-order valence-corrected chi connectivity index (χ1v) is 10.5. The number of carbonyl (C=O) groups is 1.